The van der Waals surface area contributed by atoms with E-state index >= 15 is 0 Å². The lowest BCUT2D eigenvalue weighted by atomic mass is 9.93. The standard InChI is InChI=1S/C25H37N3O5/c1-16(2)11-19(22(30)25(5)14-33-25)27-24(32)21(13-18-9-7-6-8-10-18)28-23(31)20(26-15-29)12-17(3)4/h6-10,15-17,19-21H,11-14H2,1-5H3,(H,26,29)(H,27,32)(H,28,31). The topological polar surface area (TPSA) is 117 Å². The molecule has 182 valence electrons. The van der Waals surface area contributed by atoms with E-state index in [1.807, 2.05) is 58.0 Å². The van der Waals surface area contributed by atoms with Gasteiger partial charge in [-0.15, -0.1) is 0 Å². The number of amides is 3. The highest BCUT2D eigenvalue weighted by Crippen LogP contribution is 2.29. The number of ketones is 1. The van der Waals surface area contributed by atoms with Gasteiger partial charge in [-0.2, -0.15) is 0 Å². The summed E-state index contributed by atoms with van der Waals surface area (Å²) in [5.74, 6) is -0.687. The number of epoxide rings is 1. The molecule has 1 saturated heterocycles. The highest BCUT2D eigenvalue weighted by molar-refractivity contribution is 5.98. The van der Waals surface area contributed by atoms with Gasteiger partial charge in [0.25, 0.3) is 0 Å². The Hall–Kier alpha value is -2.74. The minimum Gasteiger partial charge on any atom is -0.361 e. The highest BCUT2D eigenvalue weighted by atomic mass is 16.6. The van der Waals surface area contributed by atoms with E-state index in [9.17, 15) is 19.2 Å². The third kappa shape index (κ3) is 8.28. The summed E-state index contributed by atoms with van der Waals surface area (Å²) in [6.45, 7) is 9.92. The number of Topliss-reactive ketones (excluding diaryl/α,β-unsaturated/α-hetero) is 1. The Labute approximate surface area is 196 Å². The van der Waals surface area contributed by atoms with Crippen molar-refractivity contribution in [3.63, 3.8) is 0 Å². The van der Waals surface area contributed by atoms with Crippen molar-refractivity contribution in [1.29, 1.82) is 0 Å². The Morgan fingerprint density at radius 3 is 1.97 bits per heavy atom. The predicted molar refractivity (Wildman–Crippen MR) is 125 cm³/mol. The maximum Gasteiger partial charge on any atom is 0.243 e. The normalized spacial score (nSPS) is 20.0. The lowest BCUT2D eigenvalue weighted by molar-refractivity contribution is -0.134. The second-order valence-corrected chi connectivity index (χ2v) is 9.79. The lowest BCUT2D eigenvalue weighted by Gasteiger charge is -2.26. The molecule has 3 N–H and O–H groups in total. The second kappa shape index (κ2) is 11.9. The molecule has 0 aliphatic carbocycles. The summed E-state index contributed by atoms with van der Waals surface area (Å²) in [4.78, 5) is 50.2. The summed E-state index contributed by atoms with van der Waals surface area (Å²) in [6, 6.07) is 6.97. The maximum atomic E-state index is 13.3. The Balaban J connectivity index is 2.21. The van der Waals surface area contributed by atoms with Crippen LogP contribution in [0.2, 0.25) is 0 Å². The molecule has 4 atom stereocenters. The molecule has 8 heteroatoms. The molecule has 0 radical (unpaired) electrons. The van der Waals surface area contributed by atoms with Gasteiger partial charge in [0.15, 0.2) is 5.78 Å². The zero-order valence-corrected chi connectivity index (χ0v) is 20.2. The predicted octanol–water partition coefficient (Wildman–Crippen LogP) is 1.76. The van der Waals surface area contributed by atoms with Crippen LogP contribution in [-0.2, 0) is 30.3 Å². The molecule has 8 nitrogen and oxygen atoms in total. The first-order chi connectivity index (χ1) is 15.6. The Morgan fingerprint density at radius 2 is 1.45 bits per heavy atom. The van der Waals surface area contributed by atoms with Gasteiger partial charge in [0.1, 0.15) is 17.7 Å². The van der Waals surface area contributed by atoms with Gasteiger partial charge in [0.05, 0.1) is 12.6 Å². The minimum atomic E-state index is -0.904. The number of nitrogens with one attached hydrogen (secondary N) is 3. The summed E-state index contributed by atoms with van der Waals surface area (Å²) in [6.07, 6.45) is 1.66. The van der Waals surface area contributed by atoms with E-state index in [1.54, 1.807) is 6.92 Å². The Morgan fingerprint density at radius 1 is 0.939 bits per heavy atom. The van der Waals surface area contributed by atoms with Crippen molar-refractivity contribution >= 4 is 24.0 Å². The van der Waals surface area contributed by atoms with Gasteiger partial charge in [-0.05, 0) is 37.2 Å². The molecular weight excluding hydrogens is 422 g/mol. The monoisotopic (exact) mass is 459 g/mol. The molecule has 1 aromatic carbocycles. The number of benzene rings is 1. The molecule has 0 bridgehead atoms. The van der Waals surface area contributed by atoms with Crippen molar-refractivity contribution in [3.8, 4) is 0 Å². The largest absolute Gasteiger partial charge is 0.361 e. The van der Waals surface area contributed by atoms with Crippen molar-refractivity contribution < 1.29 is 23.9 Å². The minimum absolute atomic E-state index is 0.158. The van der Waals surface area contributed by atoms with Gasteiger partial charge < -0.3 is 20.7 Å². The molecule has 1 aromatic rings. The first-order valence-corrected chi connectivity index (χ1v) is 11.6. The SMILES string of the molecule is CC(C)CC(NC=O)C(=O)NC(Cc1ccccc1)C(=O)NC(CC(C)C)C(=O)C1(C)CO1. The van der Waals surface area contributed by atoms with Crippen molar-refractivity contribution in [2.24, 2.45) is 11.8 Å². The quantitative estimate of drug-likeness (QED) is 0.290. The average molecular weight is 460 g/mol. The van der Waals surface area contributed by atoms with Gasteiger partial charge in [0.2, 0.25) is 18.2 Å². The van der Waals surface area contributed by atoms with Gasteiger partial charge in [-0.3, -0.25) is 19.2 Å². The third-order valence-corrected chi connectivity index (χ3v) is 5.65. The van der Waals surface area contributed by atoms with Crippen molar-refractivity contribution in [2.75, 3.05) is 6.61 Å². The van der Waals surface area contributed by atoms with E-state index < -0.39 is 35.5 Å². The number of carbonyl (C=O) groups excluding carboxylic acids is 4. The van der Waals surface area contributed by atoms with Crippen molar-refractivity contribution in [2.45, 2.75) is 77.6 Å². The second-order valence-electron chi connectivity index (χ2n) is 9.79. The molecule has 1 heterocycles. The summed E-state index contributed by atoms with van der Waals surface area (Å²) < 4.78 is 5.31. The van der Waals surface area contributed by atoms with Crippen LogP contribution < -0.4 is 16.0 Å². The van der Waals surface area contributed by atoms with E-state index in [2.05, 4.69) is 16.0 Å². The van der Waals surface area contributed by atoms with Gasteiger partial charge >= 0.3 is 0 Å². The van der Waals surface area contributed by atoms with Crippen LogP contribution in [0.15, 0.2) is 30.3 Å². The van der Waals surface area contributed by atoms with Crippen LogP contribution in [0.3, 0.4) is 0 Å². The first-order valence-electron chi connectivity index (χ1n) is 11.6. The fourth-order valence-corrected chi connectivity index (χ4v) is 3.73. The zero-order valence-electron chi connectivity index (χ0n) is 20.2. The van der Waals surface area contributed by atoms with Crippen LogP contribution in [0.1, 0.15) is 53.0 Å². The molecule has 1 aliphatic rings. The summed E-state index contributed by atoms with van der Waals surface area (Å²) in [5, 5.41) is 8.19. The van der Waals surface area contributed by atoms with Crippen LogP contribution in [0.25, 0.3) is 0 Å². The van der Waals surface area contributed by atoms with Gasteiger partial charge in [-0.25, -0.2) is 0 Å². The van der Waals surface area contributed by atoms with Crippen molar-refractivity contribution in [3.05, 3.63) is 35.9 Å². The summed E-state index contributed by atoms with van der Waals surface area (Å²) in [7, 11) is 0. The summed E-state index contributed by atoms with van der Waals surface area (Å²) >= 11 is 0. The maximum absolute atomic E-state index is 13.3. The van der Waals surface area contributed by atoms with E-state index in [1.165, 1.54) is 0 Å². The molecule has 1 fully saturated rings. The van der Waals surface area contributed by atoms with Crippen molar-refractivity contribution in [1.82, 2.24) is 16.0 Å². The van der Waals surface area contributed by atoms with Gasteiger partial charge in [0, 0.05) is 6.42 Å². The fourth-order valence-electron chi connectivity index (χ4n) is 3.73. The Bertz CT molecular complexity index is 821. The first kappa shape index (κ1) is 26.5. The molecule has 0 aromatic heterocycles. The molecular formula is C25H37N3O5. The van der Waals surface area contributed by atoms with Crippen LogP contribution in [0.5, 0.6) is 0 Å². The lowest BCUT2D eigenvalue weighted by Crippen LogP contribution is -2.57. The number of rotatable bonds is 14. The molecule has 3 amide bonds. The smallest absolute Gasteiger partial charge is 0.243 e. The molecule has 33 heavy (non-hydrogen) atoms. The number of carbonyl (C=O) groups is 4. The molecule has 1 aliphatic heterocycles. The van der Waals surface area contributed by atoms with E-state index in [-0.39, 0.29) is 24.0 Å². The molecule has 0 saturated carbocycles. The average Bonchev–Trinajstić information content (AvgIpc) is 3.50. The zero-order chi connectivity index (χ0) is 24.6. The van der Waals surface area contributed by atoms with E-state index in [4.69, 9.17) is 4.74 Å². The molecule has 2 rings (SSSR count). The number of ether oxygens (including phenoxy) is 1. The number of hydrogen-bond donors (Lipinski definition) is 3. The Kier molecular flexibility index (Phi) is 9.58. The van der Waals surface area contributed by atoms with Crippen LogP contribution in [0.4, 0.5) is 0 Å². The van der Waals surface area contributed by atoms with Crippen LogP contribution in [0, 0.1) is 11.8 Å². The van der Waals surface area contributed by atoms with Crippen LogP contribution in [-0.4, -0.2) is 54.3 Å². The van der Waals surface area contributed by atoms with Gasteiger partial charge in [-0.1, -0.05) is 58.0 Å². The van der Waals surface area contributed by atoms with Crippen LogP contribution >= 0.6 is 0 Å². The molecule has 4 unspecified atom stereocenters. The highest BCUT2D eigenvalue weighted by Gasteiger charge is 2.50. The number of hydrogen-bond acceptors (Lipinski definition) is 5. The summed E-state index contributed by atoms with van der Waals surface area (Å²) in [5.41, 5.74) is 0.00673. The third-order valence-electron chi connectivity index (χ3n) is 5.65. The molecule has 0 spiro atoms. The van der Waals surface area contributed by atoms with E-state index in [0.717, 1.165) is 5.56 Å². The fraction of sp³-hybridized carbons (Fsp3) is 0.600. The van der Waals surface area contributed by atoms with E-state index in [0.29, 0.717) is 25.9 Å².